The van der Waals surface area contributed by atoms with Gasteiger partial charge in [-0.05, 0) is 35.9 Å². The highest BCUT2D eigenvalue weighted by atomic mass is 16.5. The van der Waals surface area contributed by atoms with Crippen LogP contribution in [0.25, 0.3) is 11.4 Å². The molecule has 0 atom stereocenters. The Morgan fingerprint density at radius 1 is 1.10 bits per heavy atom. The van der Waals surface area contributed by atoms with E-state index in [0.717, 1.165) is 22.7 Å². The van der Waals surface area contributed by atoms with E-state index in [4.69, 9.17) is 4.74 Å². The Morgan fingerprint density at radius 2 is 1.95 bits per heavy atom. The molecule has 0 N–H and O–H groups in total. The van der Waals surface area contributed by atoms with Crippen molar-refractivity contribution < 1.29 is 4.74 Å². The van der Waals surface area contributed by atoms with E-state index in [1.54, 1.807) is 18.0 Å². The zero-order chi connectivity index (χ0) is 13.8. The summed E-state index contributed by atoms with van der Waals surface area (Å²) < 4.78 is 6.93. The summed E-state index contributed by atoms with van der Waals surface area (Å²) in [7, 11) is 1.66. The van der Waals surface area contributed by atoms with Gasteiger partial charge >= 0.3 is 0 Å². The smallest absolute Gasteiger partial charge is 0.118 e. The zero-order valence-corrected chi connectivity index (χ0v) is 11.2. The summed E-state index contributed by atoms with van der Waals surface area (Å²) in [6, 6.07) is 15.6. The molecule has 0 unspecified atom stereocenters. The highest BCUT2D eigenvalue weighted by Crippen LogP contribution is 2.15. The second-order valence-electron chi connectivity index (χ2n) is 4.38. The van der Waals surface area contributed by atoms with Gasteiger partial charge in [0.2, 0.25) is 0 Å². The highest BCUT2D eigenvalue weighted by Gasteiger charge is 2.04. The Bertz CT molecular complexity index is 674. The molecule has 0 saturated heterocycles. The van der Waals surface area contributed by atoms with Gasteiger partial charge in [0.1, 0.15) is 11.4 Å². The SMILES string of the molecule is COc1ccc(Cn2[c]cc(-c3ccccn3)n2)cc1. The first-order valence-electron chi connectivity index (χ1n) is 6.35. The molecule has 2 aromatic heterocycles. The Kier molecular flexibility index (Phi) is 3.46. The van der Waals surface area contributed by atoms with Crippen LogP contribution >= 0.6 is 0 Å². The molecular formula is C16H14N3O. The molecule has 4 heteroatoms. The van der Waals surface area contributed by atoms with Crippen LogP contribution in [-0.4, -0.2) is 21.9 Å². The molecule has 1 aromatic carbocycles. The number of hydrogen-bond donors (Lipinski definition) is 0. The van der Waals surface area contributed by atoms with E-state index >= 15 is 0 Å². The highest BCUT2D eigenvalue weighted by molar-refractivity contribution is 5.52. The molecular weight excluding hydrogens is 250 g/mol. The number of benzene rings is 1. The van der Waals surface area contributed by atoms with Crippen LogP contribution in [0.15, 0.2) is 54.7 Å². The van der Waals surface area contributed by atoms with Crippen LogP contribution in [0.3, 0.4) is 0 Å². The van der Waals surface area contributed by atoms with E-state index in [1.807, 2.05) is 48.5 Å². The van der Waals surface area contributed by atoms with Crippen molar-refractivity contribution in [3.63, 3.8) is 0 Å². The molecule has 0 spiro atoms. The number of methoxy groups -OCH3 is 1. The maximum atomic E-state index is 5.14. The number of hydrogen-bond acceptors (Lipinski definition) is 3. The third-order valence-electron chi connectivity index (χ3n) is 3.00. The Labute approximate surface area is 117 Å². The predicted molar refractivity (Wildman–Crippen MR) is 76.4 cm³/mol. The van der Waals surface area contributed by atoms with Crippen molar-refractivity contribution >= 4 is 0 Å². The average molecular weight is 264 g/mol. The number of nitrogens with zero attached hydrogens (tertiary/aromatic N) is 3. The number of pyridine rings is 1. The van der Waals surface area contributed by atoms with Gasteiger partial charge in [-0.15, -0.1) is 0 Å². The number of ether oxygens (including phenoxy) is 1. The third-order valence-corrected chi connectivity index (χ3v) is 3.00. The molecule has 0 aliphatic heterocycles. The number of aromatic nitrogens is 3. The summed E-state index contributed by atoms with van der Waals surface area (Å²) in [6.07, 6.45) is 4.88. The molecule has 0 aliphatic carbocycles. The van der Waals surface area contributed by atoms with Gasteiger partial charge in [0.25, 0.3) is 0 Å². The maximum absolute atomic E-state index is 5.14. The van der Waals surface area contributed by atoms with Gasteiger partial charge in [-0.25, -0.2) is 0 Å². The summed E-state index contributed by atoms with van der Waals surface area (Å²) in [5, 5.41) is 4.49. The molecule has 3 aromatic rings. The second kappa shape index (κ2) is 5.57. The Hall–Kier alpha value is -2.62. The lowest BCUT2D eigenvalue weighted by Crippen LogP contribution is -2.00. The average Bonchev–Trinajstić information content (AvgIpc) is 2.97. The van der Waals surface area contributed by atoms with Crippen LogP contribution in [0, 0.1) is 6.20 Å². The molecule has 0 aliphatic rings. The minimum absolute atomic E-state index is 0.677. The molecule has 99 valence electrons. The molecule has 1 radical (unpaired) electrons. The fourth-order valence-corrected chi connectivity index (χ4v) is 1.95. The topological polar surface area (TPSA) is 39.9 Å². The lowest BCUT2D eigenvalue weighted by Gasteiger charge is -2.03. The standard InChI is InChI=1S/C16H14N3O/c1-20-14-7-5-13(6-8-14)12-19-11-9-16(18-19)15-4-2-3-10-17-15/h2-10H,12H2,1H3. The van der Waals surface area contributed by atoms with Crippen LogP contribution < -0.4 is 4.74 Å². The summed E-state index contributed by atoms with van der Waals surface area (Å²) in [4.78, 5) is 4.28. The summed E-state index contributed by atoms with van der Waals surface area (Å²) in [6.45, 7) is 0.677. The number of rotatable bonds is 4. The van der Waals surface area contributed by atoms with Gasteiger partial charge < -0.3 is 4.74 Å². The van der Waals surface area contributed by atoms with Gasteiger partial charge in [0.05, 0.1) is 25.5 Å². The molecule has 0 fully saturated rings. The van der Waals surface area contributed by atoms with Crippen LogP contribution in [-0.2, 0) is 6.54 Å². The summed E-state index contributed by atoms with van der Waals surface area (Å²) >= 11 is 0. The largest absolute Gasteiger partial charge is 0.497 e. The monoisotopic (exact) mass is 264 g/mol. The predicted octanol–water partition coefficient (Wildman–Crippen LogP) is 2.80. The third kappa shape index (κ3) is 2.69. The fourth-order valence-electron chi connectivity index (χ4n) is 1.95. The first-order chi connectivity index (χ1) is 9.85. The fraction of sp³-hybridized carbons (Fsp3) is 0.125. The van der Waals surface area contributed by atoms with Crippen LogP contribution in [0.2, 0.25) is 0 Å². The van der Waals surface area contributed by atoms with Crippen molar-refractivity contribution in [1.29, 1.82) is 0 Å². The normalized spacial score (nSPS) is 10.4. The Balaban J connectivity index is 1.77. The molecule has 3 rings (SSSR count). The zero-order valence-electron chi connectivity index (χ0n) is 11.2. The summed E-state index contributed by atoms with van der Waals surface area (Å²) in [5.41, 5.74) is 2.84. The van der Waals surface area contributed by atoms with E-state index < -0.39 is 0 Å². The van der Waals surface area contributed by atoms with Crippen molar-refractivity contribution in [3.05, 3.63) is 66.5 Å². The van der Waals surface area contributed by atoms with E-state index in [0.29, 0.717) is 6.54 Å². The van der Waals surface area contributed by atoms with Crippen molar-refractivity contribution in [2.45, 2.75) is 6.54 Å². The first-order valence-corrected chi connectivity index (χ1v) is 6.35. The molecule has 0 amide bonds. The second-order valence-corrected chi connectivity index (χ2v) is 4.38. The molecule has 0 saturated carbocycles. The van der Waals surface area contributed by atoms with Gasteiger partial charge in [0, 0.05) is 6.20 Å². The molecule has 0 bridgehead atoms. The van der Waals surface area contributed by atoms with Crippen molar-refractivity contribution in [3.8, 4) is 17.1 Å². The minimum Gasteiger partial charge on any atom is -0.497 e. The van der Waals surface area contributed by atoms with Crippen molar-refractivity contribution in [1.82, 2.24) is 14.8 Å². The van der Waals surface area contributed by atoms with Gasteiger partial charge in [0.15, 0.2) is 0 Å². The quantitative estimate of drug-likeness (QED) is 0.727. The van der Waals surface area contributed by atoms with Crippen molar-refractivity contribution in [2.24, 2.45) is 0 Å². The van der Waals surface area contributed by atoms with E-state index in [-0.39, 0.29) is 0 Å². The molecule has 2 heterocycles. The van der Waals surface area contributed by atoms with Crippen molar-refractivity contribution in [2.75, 3.05) is 7.11 Å². The molecule has 20 heavy (non-hydrogen) atoms. The van der Waals surface area contributed by atoms with E-state index in [9.17, 15) is 0 Å². The van der Waals surface area contributed by atoms with Gasteiger partial charge in [-0.3, -0.25) is 9.67 Å². The van der Waals surface area contributed by atoms with E-state index in [1.165, 1.54) is 0 Å². The lowest BCUT2D eigenvalue weighted by atomic mass is 10.2. The Morgan fingerprint density at radius 3 is 2.65 bits per heavy atom. The first kappa shape index (κ1) is 12.4. The van der Waals surface area contributed by atoms with Crippen LogP contribution in [0.4, 0.5) is 0 Å². The van der Waals surface area contributed by atoms with Crippen LogP contribution in [0.5, 0.6) is 5.75 Å². The minimum atomic E-state index is 0.677. The summed E-state index contributed by atoms with van der Waals surface area (Å²) in [5.74, 6) is 0.854. The van der Waals surface area contributed by atoms with Gasteiger partial charge in [-0.2, -0.15) is 5.10 Å². The lowest BCUT2D eigenvalue weighted by molar-refractivity contribution is 0.414. The van der Waals surface area contributed by atoms with Gasteiger partial charge in [-0.1, -0.05) is 18.2 Å². The molecule has 4 nitrogen and oxygen atoms in total. The van der Waals surface area contributed by atoms with E-state index in [2.05, 4.69) is 16.3 Å². The maximum Gasteiger partial charge on any atom is 0.118 e. The van der Waals surface area contributed by atoms with Crippen LogP contribution in [0.1, 0.15) is 5.56 Å².